The molecule has 0 saturated heterocycles. The summed E-state index contributed by atoms with van der Waals surface area (Å²) < 4.78 is 6.23. The number of hydrogen-bond acceptors (Lipinski definition) is 3. The molecule has 142 valence electrons. The van der Waals surface area contributed by atoms with E-state index in [1.54, 1.807) is 24.3 Å². The Bertz CT molecular complexity index is 773. The standard InChI is InChI=1S/C23H27NO3/c1-23(2,3)27-18(16-17-10-5-4-6-11-17)12-9-15-24-21(25)19-13-7-8-14-20(19)22(24)26/h4-8,10-11,13-14,18H,9,12,15-16H2,1-3H3. The molecule has 0 spiro atoms. The predicted octanol–water partition coefficient (Wildman–Crippen LogP) is 4.49. The molecule has 1 atom stereocenters. The summed E-state index contributed by atoms with van der Waals surface area (Å²) in [6.45, 7) is 6.57. The molecule has 0 fully saturated rings. The van der Waals surface area contributed by atoms with Gasteiger partial charge in [-0.15, -0.1) is 0 Å². The molecule has 4 nitrogen and oxygen atoms in total. The summed E-state index contributed by atoms with van der Waals surface area (Å²) in [5.74, 6) is -0.376. The number of rotatable bonds is 7. The van der Waals surface area contributed by atoms with E-state index in [1.165, 1.54) is 10.5 Å². The monoisotopic (exact) mass is 365 g/mol. The minimum absolute atomic E-state index is 0.0441. The zero-order valence-electron chi connectivity index (χ0n) is 16.3. The molecule has 0 radical (unpaired) electrons. The molecule has 2 aromatic carbocycles. The van der Waals surface area contributed by atoms with Gasteiger partial charge in [0, 0.05) is 6.54 Å². The Balaban J connectivity index is 1.61. The van der Waals surface area contributed by atoms with Crippen LogP contribution in [-0.4, -0.2) is 35.0 Å². The Morgan fingerprint density at radius 2 is 1.44 bits per heavy atom. The zero-order valence-corrected chi connectivity index (χ0v) is 16.3. The van der Waals surface area contributed by atoms with E-state index in [0.717, 1.165) is 19.3 Å². The summed E-state index contributed by atoms with van der Waals surface area (Å²) in [6.07, 6.45) is 2.38. The molecular formula is C23H27NO3. The average Bonchev–Trinajstić information content (AvgIpc) is 2.86. The van der Waals surface area contributed by atoms with E-state index in [4.69, 9.17) is 4.74 Å². The van der Waals surface area contributed by atoms with E-state index in [-0.39, 0.29) is 23.5 Å². The maximum Gasteiger partial charge on any atom is 0.261 e. The van der Waals surface area contributed by atoms with Crippen LogP contribution in [0.5, 0.6) is 0 Å². The number of amides is 2. The molecule has 4 heteroatoms. The lowest BCUT2D eigenvalue weighted by atomic mass is 10.0. The molecule has 1 aliphatic heterocycles. The Morgan fingerprint density at radius 1 is 0.889 bits per heavy atom. The predicted molar refractivity (Wildman–Crippen MR) is 106 cm³/mol. The topological polar surface area (TPSA) is 46.6 Å². The van der Waals surface area contributed by atoms with Crippen molar-refractivity contribution in [2.45, 2.75) is 51.7 Å². The van der Waals surface area contributed by atoms with Crippen molar-refractivity contribution in [3.05, 3.63) is 71.3 Å². The number of carbonyl (C=O) groups excluding carboxylic acids is 2. The average molecular weight is 365 g/mol. The quantitative estimate of drug-likeness (QED) is 0.679. The second kappa shape index (κ2) is 8.05. The molecule has 2 aromatic rings. The Labute approximate surface area is 161 Å². The zero-order chi connectivity index (χ0) is 19.4. The number of ether oxygens (including phenoxy) is 1. The molecule has 2 amide bonds. The first-order valence-electron chi connectivity index (χ1n) is 9.52. The van der Waals surface area contributed by atoms with Crippen molar-refractivity contribution in [1.82, 2.24) is 4.90 Å². The van der Waals surface area contributed by atoms with Gasteiger partial charge in [-0.2, -0.15) is 0 Å². The highest BCUT2D eigenvalue weighted by Crippen LogP contribution is 2.24. The fourth-order valence-corrected chi connectivity index (χ4v) is 3.50. The van der Waals surface area contributed by atoms with Crippen molar-refractivity contribution in [2.24, 2.45) is 0 Å². The summed E-state index contributed by atoms with van der Waals surface area (Å²) in [7, 11) is 0. The van der Waals surface area contributed by atoms with Crippen molar-refractivity contribution >= 4 is 11.8 Å². The highest BCUT2D eigenvalue weighted by Gasteiger charge is 2.34. The van der Waals surface area contributed by atoms with E-state index in [9.17, 15) is 9.59 Å². The van der Waals surface area contributed by atoms with Crippen LogP contribution in [0.4, 0.5) is 0 Å². The first kappa shape index (κ1) is 19.3. The van der Waals surface area contributed by atoms with Crippen molar-refractivity contribution in [2.75, 3.05) is 6.54 Å². The van der Waals surface area contributed by atoms with Crippen LogP contribution >= 0.6 is 0 Å². The third-order valence-corrected chi connectivity index (χ3v) is 4.61. The van der Waals surface area contributed by atoms with Crippen LogP contribution in [0.2, 0.25) is 0 Å². The fraction of sp³-hybridized carbons (Fsp3) is 0.391. The number of carbonyl (C=O) groups is 2. The summed E-state index contributed by atoms with van der Waals surface area (Å²) in [5, 5.41) is 0. The highest BCUT2D eigenvalue weighted by molar-refractivity contribution is 6.21. The minimum atomic E-state index is -0.241. The van der Waals surface area contributed by atoms with E-state index in [2.05, 4.69) is 32.9 Å². The summed E-state index contributed by atoms with van der Waals surface area (Å²) in [6, 6.07) is 17.3. The van der Waals surface area contributed by atoms with Gasteiger partial charge < -0.3 is 4.74 Å². The second-order valence-electron chi connectivity index (χ2n) is 7.99. The molecule has 0 aliphatic carbocycles. The molecule has 0 bridgehead atoms. The molecule has 0 saturated carbocycles. The lowest BCUT2D eigenvalue weighted by Gasteiger charge is -2.28. The molecule has 0 N–H and O–H groups in total. The van der Waals surface area contributed by atoms with Gasteiger partial charge in [-0.1, -0.05) is 42.5 Å². The Kier molecular flexibility index (Phi) is 5.76. The first-order valence-corrected chi connectivity index (χ1v) is 9.52. The number of nitrogens with zero attached hydrogens (tertiary/aromatic N) is 1. The maximum atomic E-state index is 12.5. The van der Waals surface area contributed by atoms with Gasteiger partial charge in [-0.05, 0) is 57.7 Å². The van der Waals surface area contributed by atoms with Gasteiger partial charge in [0.05, 0.1) is 22.8 Å². The van der Waals surface area contributed by atoms with Crippen molar-refractivity contribution in [3.63, 3.8) is 0 Å². The summed E-state index contributed by atoms with van der Waals surface area (Å²) >= 11 is 0. The fourth-order valence-electron chi connectivity index (χ4n) is 3.50. The van der Waals surface area contributed by atoms with E-state index in [0.29, 0.717) is 17.7 Å². The van der Waals surface area contributed by atoms with Gasteiger partial charge in [0.2, 0.25) is 0 Å². The lowest BCUT2D eigenvalue weighted by Crippen LogP contribution is -2.33. The van der Waals surface area contributed by atoms with Crippen molar-refractivity contribution in [3.8, 4) is 0 Å². The van der Waals surface area contributed by atoms with Gasteiger partial charge in [-0.3, -0.25) is 14.5 Å². The second-order valence-corrected chi connectivity index (χ2v) is 7.99. The summed E-state index contributed by atoms with van der Waals surface area (Å²) in [4.78, 5) is 26.3. The van der Waals surface area contributed by atoms with Gasteiger partial charge in [0.1, 0.15) is 0 Å². The Hall–Kier alpha value is -2.46. The van der Waals surface area contributed by atoms with E-state index >= 15 is 0 Å². The molecule has 1 heterocycles. The SMILES string of the molecule is CC(C)(C)OC(CCCN1C(=O)c2ccccc2C1=O)Cc1ccccc1. The molecule has 27 heavy (non-hydrogen) atoms. The van der Waals surface area contributed by atoms with Crippen LogP contribution in [0, 0.1) is 0 Å². The highest BCUT2D eigenvalue weighted by atomic mass is 16.5. The van der Waals surface area contributed by atoms with E-state index < -0.39 is 0 Å². The van der Waals surface area contributed by atoms with Crippen LogP contribution in [0.1, 0.15) is 59.9 Å². The third-order valence-electron chi connectivity index (χ3n) is 4.61. The van der Waals surface area contributed by atoms with Crippen LogP contribution in [0.25, 0.3) is 0 Å². The third kappa shape index (κ3) is 4.83. The lowest BCUT2D eigenvalue weighted by molar-refractivity contribution is -0.0633. The van der Waals surface area contributed by atoms with Gasteiger partial charge in [-0.25, -0.2) is 0 Å². The molecular weight excluding hydrogens is 338 g/mol. The van der Waals surface area contributed by atoms with Gasteiger partial charge in [0.15, 0.2) is 0 Å². The number of benzene rings is 2. The van der Waals surface area contributed by atoms with Crippen LogP contribution in [-0.2, 0) is 11.2 Å². The van der Waals surface area contributed by atoms with Gasteiger partial charge in [0.25, 0.3) is 11.8 Å². The maximum absolute atomic E-state index is 12.5. The smallest absolute Gasteiger partial charge is 0.261 e. The largest absolute Gasteiger partial charge is 0.372 e. The van der Waals surface area contributed by atoms with Crippen LogP contribution in [0.3, 0.4) is 0 Å². The first-order chi connectivity index (χ1) is 12.8. The molecule has 1 aliphatic rings. The minimum Gasteiger partial charge on any atom is -0.372 e. The number of fused-ring (bicyclic) bond motifs is 1. The van der Waals surface area contributed by atoms with Crippen molar-refractivity contribution in [1.29, 1.82) is 0 Å². The molecule has 3 rings (SSSR count). The molecule has 1 unspecified atom stereocenters. The van der Waals surface area contributed by atoms with Crippen molar-refractivity contribution < 1.29 is 14.3 Å². The van der Waals surface area contributed by atoms with Crippen LogP contribution < -0.4 is 0 Å². The number of hydrogen-bond donors (Lipinski definition) is 0. The number of imide groups is 1. The van der Waals surface area contributed by atoms with Gasteiger partial charge >= 0.3 is 0 Å². The normalized spacial score (nSPS) is 15.1. The Morgan fingerprint density at radius 3 is 2.00 bits per heavy atom. The van der Waals surface area contributed by atoms with Crippen LogP contribution in [0.15, 0.2) is 54.6 Å². The summed E-state index contributed by atoms with van der Waals surface area (Å²) in [5.41, 5.74) is 2.01. The van der Waals surface area contributed by atoms with E-state index in [1.807, 2.05) is 18.2 Å². The molecule has 0 aromatic heterocycles.